The molecule has 10 nitrogen and oxygen atoms in total. The summed E-state index contributed by atoms with van der Waals surface area (Å²) in [5.74, 6) is -1.29. The van der Waals surface area contributed by atoms with Crippen molar-refractivity contribution in [2.45, 2.75) is 18.9 Å². The topological polar surface area (TPSA) is 109 Å². The smallest absolute Gasteiger partial charge is 0.347 e. The minimum Gasteiger partial charge on any atom is -0.496 e. The first-order chi connectivity index (χ1) is 16.0. The van der Waals surface area contributed by atoms with Crippen LogP contribution in [0, 0.1) is 5.82 Å². The fourth-order valence-corrected chi connectivity index (χ4v) is 3.74. The van der Waals surface area contributed by atoms with Gasteiger partial charge in [-0.2, -0.15) is 10.2 Å². The molecule has 1 fully saturated rings. The number of halogens is 1. The van der Waals surface area contributed by atoms with Gasteiger partial charge in [-0.05, 0) is 31.0 Å². The monoisotopic (exact) mass is 455 g/mol. The summed E-state index contributed by atoms with van der Waals surface area (Å²) in [5, 5.41) is 7.93. The first-order valence-corrected chi connectivity index (χ1v) is 10.3. The van der Waals surface area contributed by atoms with Gasteiger partial charge in [0.25, 0.3) is 5.91 Å². The third-order valence-electron chi connectivity index (χ3n) is 5.27. The Morgan fingerprint density at radius 3 is 2.64 bits per heavy atom. The van der Waals surface area contributed by atoms with Gasteiger partial charge in [0.1, 0.15) is 17.5 Å². The molecule has 2 aromatic heterocycles. The molecule has 0 saturated carbocycles. The van der Waals surface area contributed by atoms with Crippen LogP contribution in [0.2, 0.25) is 0 Å². The number of methoxy groups -OCH3 is 2. The number of nitrogens with zero attached hydrogens (tertiary/aromatic N) is 5. The highest BCUT2D eigenvalue weighted by molar-refractivity contribution is 5.98. The van der Waals surface area contributed by atoms with Crippen LogP contribution in [-0.4, -0.2) is 70.2 Å². The number of likely N-dealkylation sites (tertiary alicyclic amines) is 1. The van der Waals surface area contributed by atoms with Gasteiger partial charge in [0.05, 0.1) is 38.7 Å². The number of aromatic nitrogens is 4. The largest absolute Gasteiger partial charge is 0.496 e. The SMILES string of the molecule is COC(=O)c1c(OC)ccnc1OC1CCCN(C(=O)c2cccc(F)c2-n2nccn2)C1. The van der Waals surface area contributed by atoms with Crippen LogP contribution in [-0.2, 0) is 4.74 Å². The highest BCUT2D eigenvalue weighted by Crippen LogP contribution is 2.29. The standard InChI is InChI=1S/C22H22FN5O5/c1-31-17-8-9-24-20(18(17)22(30)32-2)33-14-5-4-12-27(13-14)21(29)15-6-3-7-16(23)19(15)28-25-10-11-26-28/h3,6-11,14H,4-5,12-13H2,1-2H3. The van der Waals surface area contributed by atoms with Crippen LogP contribution in [0.1, 0.15) is 33.6 Å². The Balaban J connectivity index is 1.57. The molecule has 11 heteroatoms. The molecule has 172 valence electrons. The Morgan fingerprint density at radius 2 is 1.91 bits per heavy atom. The molecule has 0 N–H and O–H groups in total. The fourth-order valence-electron chi connectivity index (χ4n) is 3.74. The zero-order valence-electron chi connectivity index (χ0n) is 18.1. The van der Waals surface area contributed by atoms with E-state index in [-0.39, 0.29) is 40.9 Å². The third-order valence-corrected chi connectivity index (χ3v) is 5.27. The Morgan fingerprint density at radius 1 is 1.12 bits per heavy atom. The van der Waals surface area contributed by atoms with E-state index in [0.29, 0.717) is 19.4 Å². The summed E-state index contributed by atoms with van der Waals surface area (Å²) in [6, 6.07) is 5.79. The molecule has 1 aliphatic rings. The molecule has 1 aliphatic heterocycles. The number of para-hydroxylation sites is 1. The van der Waals surface area contributed by atoms with Gasteiger partial charge in [0.15, 0.2) is 11.4 Å². The highest BCUT2D eigenvalue weighted by Gasteiger charge is 2.30. The van der Waals surface area contributed by atoms with E-state index in [2.05, 4.69) is 15.2 Å². The zero-order valence-corrected chi connectivity index (χ0v) is 18.1. The number of ether oxygens (including phenoxy) is 3. The van der Waals surface area contributed by atoms with Crippen LogP contribution in [0.15, 0.2) is 42.9 Å². The van der Waals surface area contributed by atoms with Gasteiger partial charge in [-0.3, -0.25) is 4.79 Å². The second-order valence-electron chi connectivity index (χ2n) is 7.27. The molecule has 3 heterocycles. The van der Waals surface area contributed by atoms with Gasteiger partial charge in [-0.15, -0.1) is 4.80 Å². The van der Waals surface area contributed by atoms with Crippen LogP contribution in [0.3, 0.4) is 0 Å². The van der Waals surface area contributed by atoms with E-state index in [9.17, 15) is 14.0 Å². The van der Waals surface area contributed by atoms with Crippen molar-refractivity contribution in [3.63, 3.8) is 0 Å². The lowest BCUT2D eigenvalue weighted by Crippen LogP contribution is -2.45. The normalized spacial score (nSPS) is 15.7. The van der Waals surface area contributed by atoms with Crippen LogP contribution >= 0.6 is 0 Å². The van der Waals surface area contributed by atoms with E-state index in [1.54, 1.807) is 4.90 Å². The summed E-state index contributed by atoms with van der Waals surface area (Å²) in [6.07, 6.45) is 5.13. The second-order valence-corrected chi connectivity index (χ2v) is 7.27. The molecule has 1 atom stereocenters. The molecule has 4 rings (SSSR count). The van der Waals surface area contributed by atoms with Crippen molar-refractivity contribution in [3.8, 4) is 17.3 Å². The molecule has 1 aromatic carbocycles. The number of rotatable bonds is 6. The Bertz CT molecular complexity index is 1150. The fraction of sp³-hybridized carbons (Fsp3) is 0.318. The van der Waals surface area contributed by atoms with Gasteiger partial charge in [-0.25, -0.2) is 14.2 Å². The number of pyridine rings is 1. The molecule has 1 unspecified atom stereocenters. The number of hydrogen-bond donors (Lipinski definition) is 0. The van der Waals surface area contributed by atoms with Crippen LogP contribution in [0.5, 0.6) is 11.6 Å². The summed E-state index contributed by atoms with van der Waals surface area (Å²) in [7, 11) is 2.68. The maximum Gasteiger partial charge on any atom is 0.347 e. The number of benzene rings is 1. The van der Waals surface area contributed by atoms with Crippen LogP contribution in [0.25, 0.3) is 5.69 Å². The summed E-state index contributed by atoms with van der Waals surface area (Å²) in [6.45, 7) is 0.692. The summed E-state index contributed by atoms with van der Waals surface area (Å²) >= 11 is 0. The third kappa shape index (κ3) is 4.47. The molecule has 1 saturated heterocycles. The number of carbonyl (C=O) groups excluding carboxylic acids is 2. The molecular weight excluding hydrogens is 433 g/mol. The van der Waals surface area contributed by atoms with E-state index < -0.39 is 17.9 Å². The van der Waals surface area contributed by atoms with Crippen molar-refractivity contribution in [3.05, 3.63) is 59.8 Å². The zero-order chi connectivity index (χ0) is 23.4. The molecule has 0 radical (unpaired) electrons. The molecule has 3 aromatic rings. The number of amides is 1. The van der Waals surface area contributed by atoms with Crippen molar-refractivity contribution < 1.29 is 28.2 Å². The highest BCUT2D eigenvalue weighted by atomic mass is 19.1. The first kappa shape index (κ1) is 22.2. The van der Waals surface area contributed by atoms with Gasteiger partial charge < -0.3 is 19.1 Å². The molecular formula is C22H22FN5O5. The van der Waals surface area contributed by atoms with Crippen LogP contribution in [0.4, 0.5) is 4.39 Å². The Kier molecular flexibility index (Phi) is 6.48. The van der Waals surface area contributed by atoms with E-state index in [0.717, 1.165) is 4.80 Å². The maximum atomic E-state index is 14.6. The summed E-state index contributed by atoms with van der Waals surface area (Å²) in [5.41, 5.74) is 0.197. The van der Waals surface area contributed by atoms with Crippen molar-refractivity contribution in [2.24, 2.45) is 0 Å². The number of esters is 1. The van der Waals surface area contributed by atoms with Crippen molar-refractivity contribution in [1.82, 2.24) is 24.9 Å². The molecule has 33 heavy (non-hydrogen) atoms. The average molecular weight is 455 g/mol. The minimum absolute atomic E-state index is 0.0158. The number of carbonyl (C=O) groups is 2. The van der Waals surface area contributed by atoms with E-state index >= 15 is 0 Å². The number of hydrogen-bond acceptors (Lipinski definition) is 8. The van der Waals surface area contributed by atoms with Crippen molar-refractivity contribution >= 4 is 11.9 Å². The van der Waals surface area contributed by atoms with E-state index in [1.807, 2.05) is 0 Å². The predicted molar refractivity (Wildman–Crippen MR) is 113 cm³/mol. The molecule has 0 bridgehead atoms. The minimum atomic E-state index is -0.644. The summed E-state index contributed by atoms with van der Waals surface area (Å²) < 4.78 is 30.6. The second kappa shape index (κ2) is 9.63. The average Bonchev–Trinajstić information content (AvgIpc) is 3.37. The Hall–Kier alpha value is -4.02. The lowest BCUT2D eigenvalue weighted by atomic mass is 10.1. The van der Waals surface area contributed by atoms with E-state index in [4.69, 9.17) is 14.2 Å². The van der Waals surface area contributed by atoms with Gasteiger partial charge >= 0.3 is 5.97 Å². The molecule has 0 aliphatic carbocycles. The van der Waals surface area contributed by atoms with Gasteiger partial charge in [-0.1, -0.05) is 6.07 Å². The predicted octanol–water partition coefficient (Wildman–Crippen LogP) is 2.28. The lowest BCUT2D eigenvalue weighted by molar-refractivity contribution is 0.0494. The molecule has 0 spiro atoms. The van der Waals surface area contributed by atoms with Crippen LogP contribution < -0.4 is 9.47 Å². The molecule has 1 amide bonds. The van der Waals surface area contributed by atoms with Gasteiger partial charge in [0, 0.05) is 12.7 Å². The number of piperidine rings is 1. The van der Waals surface area contributed by atoms with E-state index in [1.165, 1.54) is 57.1 Å². The maximum absolute atomic E-state index is 14.6. The lowest BCUT2D eigenvalue weighted by Gasteiger charge is -2.33. The first-order valence-electron chi connectivity index (χ1n) is 10.3. The Labute approximate surface area is 188 Å². The van der Waals surface area contributed by atoms with Crippen molar-refractivity contribution in [2.75, 3.05) is 27.3 Å². The quantitative estimate of drug-likeness (QED) is 0.521. The summed E-state index contributed by atoms with van der Waals surface area (Å²) in [4.78, 5) is 32.4. The van der Waals surface area contributed by atoms with Crippen molar-refractivity contribution in [1.29, 1.82) is 0 Å². The van der Waals surface area contributed by atoms with Gasteiger partial charge in [0.2, 0.25) is 5.88 Å².